The van der Waals surface area contributed by atoms with Gasteiger partial charge >= 0.3 is 11.5 Å². The number of carbonyl (C=O) groups excluding carboxylic acids is 2. The summed E-state index contributed by atoms with van der Waals surface area (Å²) in [7, 11) is 1.80. The van der Waals surface area contributed by atoms with Crippen LogP contribution in [0.5, 0.6) is 0 Å². The minimum atomic E-state index is -4.40. The second kappa shape index (κ2) is 8.10. The number of carbonyl (C=O) groups is 2. The first-order chi connectivity index (χ1) is 14.7. The van der Waals surface area contributed by atoms with Crippen molar-refractivity contribution in [2.24, 2.45) is 0 Å². The molecule has 1 aliphatic heterocycles. The van der Waals surface area contributed by atoms with Crippen molar-refractivity contribution in [2.75, 3.05) is 23.8 Å². The number of aromatic nitrogens is 1. The molecule has 10 heteroatoms. The molecule has 0 radical (unpaired) electrons. The van der Waals surface area contributed by atoms with Crippen molar-refractivity contribution in [2.45, 2.75) is 16.9 Å². The van der Waals surface area contributed by atoms with Gasteiger partial charge in [0.05, 0.1) is 11.2 Å². The molecular formula is C21H17F3N4O2S. The van der Waals surface area contributed by atoms with E-state index in [2.05, 4.69) is 10.3 Å². The molecule has 31 heavy (non-hydrogen) atoms. The number of imide groups is 1. The van der Waals surface area contributed by atoms with Crippen molar-refractivity contribution < 1.29 is 22.8 Å². The molecule has 0 bridgehead atoms. The minimum Gasteiger partial charge on any atom is -0.388 e. The Hall–Kier alpha value is -3.27. The van der Waals surface area contributed by atoms with Crippen LogP contribution in [-0.2, 0) is 11.3 Å². The fourth-order valence-corrected chi connectivity index (χ4v) is 3.97. The summed E-state index contributed by atoms with van der Waals surface area (Å²) in [5.41, 5.74) is -1.67. The first-order valence-corrected chi connectivity index (χ1v) is 10.1. The summed E-state index contributed by atoms with van der Waals surface area (Å²) < 4.78 is 37.5. The lowest BCUT2D eigenvalue weighted by molar-refractivity contribution is -0.116. The van der Waals surface area contributed by atoms with Crippen LogP contribution in [0.2, 0.25) is 0 Å². The SMILES string of the molecule is CNc1ccc2nccc(CN3CC(=O)N(c4ccc(SC(F)(F)F)cc4)C3=O)c2c1. The molecule has 1 aliphatic rings. The lowest BCUT2D eigenvalue weighted by Gasteiger charge is -2.18. The number of hydrogen-bond acceptors (Lipinski definition) is 5. The summed E-state index contributed by atoms with van der Waals surface area (Å²) in [6.07, 6.45) is 1.65. The number of amides is 3. The van der Waals surface area contributed by atoms with Gasteiger partial charge in [-0.25, -0.2) is 9.69 Å². The first kappa shape index (κ1) is 21.0. The summed E-state index contributed by atoms with van der Waals surface area (Å²) in [5, 5.41) is 3.92. The summed E-state index contributed by atoms with van der Waals surface area (Å²) in [5.74, 6) is -0.435. The number of alkyl halides is 3. The van der Waals surface area contributed by atoms with Crippen LogP contribution in [0.4, 0.5) is 29.3 Å². The molecule has 2 aromatic carbocycles. The average molecular weight is 446 g/mol. The van der Waals surface area contributed by atoms with E-state index in [0.717, 1.165) is 27.1 Å². The molecule has 1 saturated heterocycles. The average Bonchev–Trinajstić information content (AvgIpc) is 3.00. The van der Waals surface area contributed by atoms with Crippen molar-refractivity contribution >= 4 is 46.0 Å². The fourth-order valence-electron chi connectivity index (χ4n) is 3.43. The van der Waals surface area contributed by atoms with Crippen molar-refractivity contribution in [1.82, 2.24) is 9.88 Å². The topological polar surface area (TPSA) is 65.5 Å². The molecule has 1 fully saturated rings. The van der Waals surface area contributed by atoms with Crippen molar-refractivity contribution in [1.29, 1.82) is 0 Å². The van der Waals surface area contributed by atoms with Gasteiger partial charge in [-0.05, 0) is 65.9 Å². The summed E-state index contributed by atoms with van der Waals surface area (Å²) in [6, 6.07) is 12.1. The zero-order valence-corrected chi connectivity index (χ0v) is 17.1. The van der Waals surface area contributed by atoms with Gasteiger partial charge in [0.25, 0.3) is 5.91 Å². The van der Waals surface area contributed by atoms with E-state index in [1.165, 1.54) is 29.2 Å². The molecule has 0 aliphatic carbocycles. The Morgan fingerprint density at radius 3 is 2.52 bits per heavy atom. The van der Waals surface area contributed by atoms with Crippen LogP contribution >= 0.6 is 11.8 Å². The van der Waals surface area contributed by atoms with E-state index in [1.807, 2.05) is 18.2 Å². The normalized spacial score (nSPS) is 14.6. The van der Waals surface area contributed by atoms with E-state index in [1.54, 1.807) is 19.3 Å². The smallest absolute Gasteiger partial charge is 0.388 e. The number of rotatable bonds is 5. The van der Waals surface area contributed by atoms with Crippen molar-refractivity contribution in [3.05, 3.63) is 60.3 Å². The number of pyridine rings is 1. The second-order valence-electron chi connectivity index (χ2n) is 6.86. The molecule has 6 nitrogen and oxygen atoms in total. The van der Waals surface area contributed by atoms with Crippen LogP contribution in [0.25, 0.3) is 10.9 Å². The second-order valence-corrected chi connectivity index (χ2v) is 8.00. The Morgan fingerprint density at radius 1 is 1.10 bits per heavy atom. The third-order valence-electron chi connectivity index (χ3n) is 4.85. The van der Waals surface area contributed by atoms with Crippen LogP contribution < -0.4 is 10.2 Å². The van der Waals surface area contributed by atoms with Gasteiger partial charge < -0.3 is 10.2 Å². The number of benzene rings is 2. The Labute approximate surface area is 180 Å². The molecule has 0 atom stereocenters. The highest BCUT2D eigenvalue weighted by molar-refractivity contribution is 8.00. The van der Waals surface area contributed by atoms with Gasteiger partial charge in [0, 0.05) is 35.8 Å². The van der Waals surface area contributed by atoms with Gasteiger partial charge in [0.2, 0.25) is 0 Å². The number of thioether (sulfide) groups is 1. The van der Waals surface area contributed by atoms with Crippen LogP contribution in [0, 0.1) is 0 Å². The Morgan fingerprint density at radius 2 is 1.84 bits per heavy atom. The maximum absolute atomic E-state index is 12.9. The molecule has 0 spiro atoms. The maximum Gasteiger partial charge on any atom is 0.446 e. The Bertz CT molecular complexity index is 1150. The van der Waals surface area contributed by atoms with E-state index in [9.17, 15) is 22.8 Å². The van der Waals surface area contributed by atoms with Crippen LogP contribution in [-0.4, -0.2) is 40.9 Å². The predicted octanol–water partition coefficient (Wildman–Crippen LogP) is 4.86. The Kier molecular flexibility index (Phi) is 5.48. The number of nitrogens with zero attached hydrogens (tertiary/aromatic N) is 3. The molecule has 3 amide bonds. The largest absolute Gasteiger partial charge is 0.446 e. The third kappa shape index (κ3) is 4.43. The molecule has 160 valence electrons. The molecule has 3 aromatic rings. The molecule has 2 heterocycles. The summed E-state index contributed by atoms with van der Waals surface area (Å²) in [4.78, 5) is 32.1. The van der Waals surface area contributed by atoms with E-state index < -0.39 is 17.4 Å². The lowest BCUT2D eigenvalue weighted by atomic mass is 10.1. The van der Waals surface area contributed by atoms with E-state index in [-0.39, 0.29) is 35.4 Å². The molecule has 1 aromatic heterocycles. The van der Waals surface area contributed by atoms with E-state index >= 15 is 0 Å². The van der Waals surface area contributed by atoms with Gasteiger partial charge in [-0.1, -0.05) is 0 Å². The van der Waals surface area contributed by atoms with Crippen LogP contribution in [0.3, 0.4) is 0 Å². The monoisotopic (exact) mass is 446 g/mol. The zero-order chi connectivity index (χ0) is 22.2. The van der Waals surface area contributed by atoms with Gasteiger partial charge in [-0.3, -0.25) is 9.78 Å². The maximum atomic E-state index is 12.9. The Balaban J connectivity index is 1.56. The number of hydrogen-bond donors (Lipinski definition) is 1. The highest BCUT2D eigenvalue weighted by Crippen LogP contribution is 2.37. The van der Waals surface area contributed by atoms with Crippen molar-refractivity contribution in [3.8, 4) is 0 Å². The molecule has 0 unspecified atom stereocenters. The standard InChI is InChI=1S/C21H17F3N4O2S/c1-25-14-2-7-18-17(10-14)13(8-9-26-18)11-27-12-19(29)28(20(27)30)15-3-5-16(6-4-15)31-21(22,23)24/h2-10,25H,11-12H2,1H3. The summed E-state index contributed by atoms with van der Waals surface area (Å²) in [6.45, 7) is 0.0860. The molecule has 1 N–H and O–H groups in total. The third-order valence-corrected chi connectivity index (χ3v) is 5.59. The van der Waals surface area contributed by atoms with Gasteiger partial charge in [0.15, 0.2) is 0 Å². The number of urea groups is 1. The highest BCUT2D eigenvalue weighted by Gasteiger charge is 2.37. The first-order valence-electron chi connectivity index (χ1n) is 9.28. The van der Waals surface area contributed by atoms with Gasteiger partial charge in [-0.2, -0.15) is 13.2 Å². The zero-order valence-electron chi connectivity index (χ0n) is 16.3. The fraction of sp³-hybridized carbons (Fsp3) is 0.190. The van der Waals surface area contributed by atoms with Crippen molar-refractivity contribution in [3.63, 3.8) is 0 Å². The molecule has 0 saturated carbocycles. The van der Waals surface area contributed by atoms with Crippen LogP contribution in [0.15, 0.2) is 59.6 Å². The minimum absolute atomic E-state index is 0.0178. The van der Waals surface area contributed by atoms with E-state index in [0.29, 0.717) is 0 Å². The summed E-state index contributed by atoms with van der Waals surface area (Å²) >= 11 is -0.250. The van der Waals surface area contributed by atoms with E-state index in [4.69, 9.17) is 0 Å². The number of anilines is 2. The number of halogens is 3. The highest BCUT2D eigenvalue weighted by atomic mass is 32.2. The lowest BCUT2D eigenvalue weighted by Crippen LogP contribution is -2.32. The number of nitrogens with one attached hydrogen (secondary N) is 1. The van der Waals surface area contributed by atoms with Crippen LogP contribution in [0.1, 0.15) is 5.56 Å². The molecule has 4 rings (SSSR count). The quantitative estimate of drug-likeness (QED) is 0.448. The molecular weight excluding hydrogens is 429 g/mol. The predicted molar refractivity (Wildman–Crippen MR) is 113 cm³/mol. The van der Waals surface area contributed by atoms with Gasteiger partial charge in [0.1, 0.15) is 6.54 Å². The number of fused-ring (bicyclic) bond motifs is 1. The van der Waals surface area contributed by atoms with Gasteiger partial charge in [-0.15, -0.1) is 0 Å².